The van der Waals surface area contributed by atoms with Gasteiger partial charge in [0.2, 0.25) is 0 Å². The fourth-order valence-electron chi connectivity index (χ4n) is 4.55. The molecule has 0 saturated carbocycles. The van der Waals surface area contributed by atoms with Crippen LogP contribution in [0, 0.1) is 17.8 Å². The molecule has 0 aromatic heterocycles. The van der Waals surface area contributed by atoms with Crippen molar-refractivity contribution in [3.8, 4) is 0 Å². The summed E-state index contributed by atoms with van der Waals surface area (Å²) in [7, 11) is -6.44. The highest BCUT2D eigenvalue weighted by molar-refractivity contribution is 7.86. The summed E-state index contributed by atoms with van der Waals surface area (Å²) in [5.74, 6) is 1.45. The molecule has 0 unspecified atom stereocenters. The van der Waals surface area contributed by atoms with Gasteiger partial charge in [-0.2, -0.15) is 8.42 Å². The molecule has 1 aromatic carbocycles. The van der Waals surface area contributed by atoms with Crippen molar-refractivity contribution in [1.29, 1.82) is 0 Å². The van der Waals surface area contributed by atoms with Gasteiger partial charge in [-0.15, -0.1) is 6.58 Å². The molecule has 3 nitrogen and oxygen atoms in total. The summed E-state index contributed by atoms with van der Waals surface area (Å²) in [6.07, 6.45) is 2.14. The van der Waals surface area contributed by atoms with Gasteiger partial charge in [-0.3, -0.25) is 4.55 Å². The van der Waals surface area contributed by atoms with Gasteiger partial charge in [0.05, 0.1) is 13.0 Å². The lowest BCUT2D eigenvalue weighted by atomic mass is 10.1. The number of rotatable bonds is 10. The smallest absolute Gasteiger partial charge is 0.282 e. The van der Waals surface area contributed by atoms with Gasteiger partial charge >= 0.3 is 0 Å². The second-order valence-electron chi connectivity index (χ2n) is 8.84. The first kappa shape index (κ1) is 23.1. The maximum atomic E-state index is 12.4. The first-order valence-corrected chi connectivity index (χ1v) is 13.7. The van der Waals surface area contributed by atoms with E-state index in [9.17, 15) is 13.0 Å². The molecule has 1 N–H and O–H groups in total. The molecule has 1 aromatic rings. The largest absolute Gasteiger partial charge is 0.294 e. The average Bonchev–Trinajstić information content (AvgIpc) is 2.43. The Balaban J connectivity index is 3.83. The highest BCUT2D eigenvalue weighted by Crippen LogP contribution is 2.34. The number of hydrogen-bond acceptors (Lipinski definition) is 2. The van der Waals surface area contributed by atoms with Crippen LogP contribution in [0.5, 0.6) is 0 Å². The van der Waals surface area contributed by atoms with Crippen molar-refractivity contribution in [3.63, 3.8) is 0 Å². The topological polar surface area (TPSA) is 54.4 Å². The molecule has 0 aliphatic heterocycles. The molecule has 1 rings (SSSR count). The van der Waals surface area contributed by atoms with Gasteiger partial charge in [0.25, 0.3) is 10.1 Å². The second kappa shape index (κ2) is 9.33. The van der Waals surface area contributed by atoms with E-state index in [0.29, 0.717) is 29.7 Å². The zero-order valence-electron chi connectivity index (χ0n) is 17.2. The van der Waals surface area contributed by atoms with E-state index in [0.717, 1.165) is 23.3 Å². The summed E-state index contributed by atoms with van der Waals surface area (Å²) < 4.78 is 34.9. The van der Waals surface area contributed by atoms with Crippen LogP contribution in [0.4, 0.5) is 0 Å². The van der Waals surface area contributed by atoms with E-state index in [1.54, 1.807) is 12.1 Å². The summed E-state index contributed by atoms with van der Waals surface area (Å²) in [4.78, 5) is 0.161. The molecule has 26 heavy (non-hydrogen) atoms. The Bertz CT molecular complexity index is 679. The van der Waals surface area contributed by atoms with Crippen molar-refractivity contribution in [2.75, 3.05) is 0 Å². The normalized spacial score (nSPS) is 13.0. The van der Waals surface area contributed by atoms with E-state index in [1.807, 2.05) is 12.1 Å². The minimum absolute atomic E-state index is 0.161. The Morgan fingerprint density at radius 2 is 1.46 bits per heavy atom. The summed E-state index contributed by atoms with van der Waals surface area (Å²) in [6.45, 7) is 17.0. The fourth-order valence-corrected chi connectivity index (χ4v) is 13.4. The molecule has 0 fully saturated rings. The van der Waals surface area contributed by atoms with Crippen LogP contribution in [0.2, 0.25) is 18.1 Å². The van der Waals surface area contributed by atoms with E-state index in [2.05, 4.69) is 48.1 Å². The minimum atomic E-state index is -4.29. The van der Waals surface area contributed by atoms with Crippen molar-refractivity contribution in [1.82, 2.24) is 0 Å². The van der Waals surface area contributed by atoms with E-state index in [1.165, 1.54) is 0 Å². The molecule has 0 heterocycles. The van der Waals surface area contributed by atoms with Crippen molar-refractivity contribution in [3.05, 3.63) is 36.4 Å². The quantitative estimate of drug-likeness (QED) is 0.332. The SMILES string of the molecule is C=CCc1cccc([Si](CC(C)C)(CC(C)C)CC(C)C)c1S(=O)(=O)O. The molecule has 0 aliphatic carbocycles. The lowest BCUT2D eigenvalue weighted by molar-refractivity contribution is 0.483. The third-order valence-electron chi connectivity index (χ3n) is 4.69. The highest BCUT2D eigenvalue weighted by Gasteiger charge is 2.41. The van der Waals surface area contributed by atoms with Crippen LogP contribution in [0.3, 0.4) is 0 Å². The van der Waals surface area contributed by atoms with Crippen LogP contribution in [0.1, 0.15) is 47.1 Å². The van der Waals surface area contributed by atoms with Gasteiger partial charge in [0.1, 0.15) is 0 Å². The Kier molecular flexibility index (Phi) is 8.30. The Hall–Kier alpha value is -0.913. The Labute approximate surface area is 161 Å². The van der Waals surface area contributed by atoms with Gasteiger partial charge in [0.15, 0.2) is 0 Å². The Morgan fingerprint density at radius 3 is 1.81 bits per heavy atom. The van der Waals surface area contributed by atoms with Gasteiger partial charge < -0.3 is 0 Å². The molecule has 5 heteroatoms. The molecule has 0 spiro atoms. The highest BCUT2D eigenvalue weighted by atomic mass is 32.2. The first-order valence-electron chi connectivity index (χ1n) is 9.63. The number of hydrogen-bond donors (Lipinski definition) is 1. The lowest BCUT2D eigenvalue weighted by Gasteiger charge is -2.38. The summed E-state index contributed by atoms with van der Waals surface area (Å²) >= 11 is 0. The van der Waals surface area contributed by atoms with Gasteiger partial charge in [0, 0.05) is 0 Å². The number of allylic oxidation sites excluding steroid dienone is 1. The van der Waals surface area contributed by atoms with Gasteiger partial charge in [-0.1, -0.05) is 83.9 Å². The second-order valence-corrected chi connectivity index (χ2v) is 14.5. The van der Waals surface area contributed by atoms with Crippen molar-refractivity contribution in [2.24, 2.45) is 17.8 Å². The van der Waals surface area contributed by atoms with E-state index in [-0.39, 0.29) is 4.90 Å². The molecule has 0 amide bonds. The van der Waals surface area contributed by atoms with Crippen molar-refractivity contribution >= 4 is 23.4 Å². The predicted octanol–water partition coefficient (Wildman–Crippen LogP) is 5.29. The van der Waals surface area contributed by atoms with Crippen LogP contribution in [-0.4, -0.2) is 21.0 Å². The van der Waals surface area contributed by atoms with Crippen LogP contribution in [0.25, 0.3) is 0 Å². The molecular formula is C21H36O3SSi. The number of benzene rings is 1. The van der Waals surface area contributed by atoms with E-state index < -0.39 is 18.2 Å². The molecule has 0 saturated heterocycles. The van der Waals surface area contributed by atoms with Crippen LogP contribution >= 0.6 is 0 Å². The third-order valence-corrected chi connectivity index (χ3v) is 12.2. The zero-order chi connectivity index (χ0) is 20.1. The van der Waals surface area contributed by atoms with E-state index in [4.69, 9.17) is 0 Å². The molecule has 0 bridgehead atoms. The molecule has 0 radical (unpaired) electrons. The maximum Gasteiger partial charge on any atom is 0.294 e. The van der Waals surface area contributed by atoms with E-state index >= 15 is 0 Å². The Morgan fingerprint density at radius 1 is 1.00 bits per heavy atom. The summed E-state index contributed by atoms with van der Waals surface area (Å²) in [6, 6.07) is 8.81. The summed E-state index contributed by atoms with van der Waals surface area (Å²) in [5, 5.41) is 0.912. The van der Waals surface area contributed by atoms with Gasteiger partial charge in [-0.05, 0) is 34.9 Å². The van der Waals surface area contributed by atoms with Crippen molar-refractivity contribution < 1.29 is 13.0 Å². The molecule has 148 valence electrons. The average molecular weight is 397 g/mol. The van der Waals surface area contributed by atoms with Crippen molar-refractivity contribution in [2.45, 2.75) is 71.0 Å². The van der Waals surface area contributed by atoms with Crippen LogP contribution in [-0.2, 0) is 16.5 Å². The van der Waals surface area contributed by atoms with Crippen LogP contribution in [0.15, 0.2) is 35.7 Å². The monoisotopic (exact) mass is 396 g/mol. The predicted molar refractivity (Wildman–Crippen MR) is 114 cm³/mol. The first-order chi connectivity index (χ1) is 11.9. The summed E-state index contributed by atoms with van der Waals surface area (Å²) in [5.41, 5.74) is 0.660. The molecule has 0 aliphatic rings. The molecule has 0 atom stereocenters. The molecular weight excluding hydrogens is 360 g/mol. The van der Waals surface area contributed by atoms with Crippen LogP contribution < -0.4 is 5.19 Å². The fraction of sp³-hybridized carbons (Fsp3) is 0.619. The minimum Gasteiger partial charge on any atom is -0.282 e. The zero-order valence-corrected chi connectivity index (χ0v) is 19.1. The van der Waals surface area contributed by atoms with Gasteiger partial charge in [-0.25, -0.2) is 0 Å². The lowest BCUT2D eigenvalue weighted by Crippen LogP contribution is -2.52. The maximum absolute atomic E-state index is 12.4. The standard InChI is InChI=1S/C21H36O3SSi/c1-8-10-19-11-9-12-20(21(19)25(22,23)24)26(13-16(2)3,14-17(4)5)15-18(6)7/h8-9,11-12,16-18H,1,10,13-15H2,2-7H3,(H,22,23,24). The third kappa shape index (κ3) is 6.07.